The highest BCUT2D eigenvalue weighted by atomic mass is 15.0. The van der Waals surface area contributed by atoms with E-state index in [1.165, 1.54) is 5.56 Å². The van der Waals surface area contributed by atoms with E-state index in [9.17, 15) is 0 Å². The Hall–Kier alpha value is -1.61. The van der Waals surface area contributed by atoms with Crippen molar-refractivity contribution in [3.8, 4) is 0 Å². The fourth-order valence-electron chi connectivity index (χ4n) is 1.79. The number of hydrogen-bond acceptors (Lipinski definition) is 2. The molecule has 0 radical (unpaired) electrons. The molecule has 0 aliphatic rings. The van der Waals surface area contributed by atoms with Crippen molar-refractivity contribution in [2.45, 2.75) is 25.9 Å². The van der Waals surface area contributed by atoms with Gasteiger partial charge in [-0.25, -0.2) is 4.98 Å². The summed E-state index contributed by atoms with van der Waals surface area (Å²) in [6.45, 7) is 2.93. The molecule has 0 aliphatic carbocycles. The molecule has 1 heterocycles. The van der Waals surface area contributed by atoms with Gasteiger partial charge in [0.1, 0.15) is 5.82 Å². The summed E-state index contributed by atoms with van der Waals surface area (Å²) >= 11 is 0. The normalized spacial score (nSPS) is 12.6. The molecule has 0 amide bonds. The first kappa shape index (κ1) is 10.9. The van der Waals surface area contributed by atoms with Crippen molar-refractivity contribution < 1.29 is 0 Å². The van der Waals surface area contributed by atoms with Crippen molar-refractivity contribution in [2.24, 2.45) is 5.73 Å². The van der Waals surface area contributed by atoms with Crippen molar-refractivity contribution in [3.63, 3.8) is 0 Å². The maximum absolute atomic E-state index is 6.13. The molecule has 1 atom stereocenters. The van der Waals surface area contributed by atoms with Gasteiger partial charge in [0.2, 0.25) is 0 Å². The van der Waals surface area contributed by atoms with Gasteiger partial charge in [0.05, 0.1) is 0 Å². The average molecular weight is 215 g/mol. The third kappa shape index (κ3) is 2.49. The number of benzene rings is 1. The third-order valence-electron chi connectivity index (χ3n) is 2.83. The van der Waals surface area contributed by atoms with Crippen LogP contribution in [0.5, 0.6) is 0 Å². The number of hydrogen-bond donors (Lipinski definition) is 1. The van der Waals surface area contributed by atoms with Gasteiger partial charge in [-0.05, 0) is 18.9 Å². The van der Waals surface area contributed by atoms with E-state index in [4.69, 9.17) is 5.73 Å². The lowest BCUT2D eigenvalue weighted by Crippen LogP contribution is -2.13. The van der Waals surface area contributed by atoms with Crippen LogP contribution in [0.3, 0.4) is 0 Å². The van der Waals surface area contributed by atoms with Gasteiger partial charge in [0, 0.05) is 25.0 Å². The minimum atomic E-state index is 0.1000. The molecule has 2 rings (SSSR count). The predicted octanol–water partition coefficient (Wildman–Crippen LogP) is 2.28. The molecular formula is C13H17N3. The van der Waals surface area contributed by atoms with E-state index in [0.717, 1.165) is 18.8 Å². The summed E-state index contributed by atoms with van der Waals surface area (Å²) in [4.78, 5) is 4.19. The minimum Gasteiger partial charge on any atom is -0.335 e. The molecule has 0 bridgehead atoms. The first-order valence-corrected chi connectivity index (χ1v) is 5.55. The summed E-state index contributed by atoms with van der Waals surface area (Å²) in [5, 5.41) is 0. The van der Waals surface area contributed by atoms with Crippen LogP contribution in [0.25, 0.3) is 0 Å². The van der Waals surface area contributed by atoms with Crippen LogP contribution >= 0.6 is 0 Å². The highest BCUT2D eigenvalue weighted by Gasteiger charge is 2.05. The maximum atomic E-state index is 6.13. The topological polar surface area (TPSA) is 43.8 Å². The van der Waals surface area contributed by atoms with Gasteiger partial charge < -0.3 is 10.3 Å². The van der Waals surface area contributed by atoms with Crippen LogP contribution in [-0.4, -0.2) is 9.55 Å². The molecule has 1 aromatic heterocycles. The highest BCUT2D eigenvalue weighted by molar-refractivity contribution is 5.18. The lowest BCUT2D eigenvalue weighted by molar-refractivity contribution is 0.552. The van der Waals surface area contributed by atoms with Gasteiger partial charge in [0.15, 0.2) is 0 Å². The van der Waals surface area contributed by atoms with E-state index in [0.29, 0.717) is 0 Å². The molecule has 84 valence electrons. The zero-order chi connectivity index (χ0) is 11.4. The predicted molar refractivity (Wildman–Crippen MR) is 65.0 cm³/mol. The Morgan fingerprint density at radius 3 is 2.69 bits per heavy atom. The fourth-order valence-corrected chi connectivity index (χ4v) is 1.79. The quantitative estimate of drug-likeness (QED) is 0.850. The van der Waals surface area contributed by atoms with E-state index in [1.54, 1.807) is 0 Å². The van der Waals surface area contributed by atoms with Crippen molar-refractivity contribution >= 4 is 0 Å². The summed E-state index contributed by atoms with van der Waals surface area (Å²) < 4.78 is 2.13. The Kier molecular flexibility index (Phi) is 3.37. The number of imidazole rings is 1. The van der Waals surface area contributed by atoms with Crippen LogP contribution in [0.15, 0.2) is 42.7 Å². The number of nitrogens with zero attached hydrogens (tertiary/aromatic N) is 2. The Bertz CT molecular complexity index is 433. The second kappa shape index (κ2) is 4.94. The molecule has 2 N–H and O–H groups in total. The van der Waals surface area contributed by atoms with E-state index in [2.05, 4.69) is 21.7 Å². The minimum absolute atomic E-state index is 0.1000. The zero-order valence-corrected chi connectivity index (χ0v) is 9.50. The largest absolute Gasteiger partial charge is 0.335 e. The maximum Gasteiger partial charge on any atom is 0.105 e. The van der Waals surface area contributed by atoms with Crippen LogP contribution in [0, 0.1) is 6.92 Å². The molecule has 16 heavy (non-hydrogen) atoms. The monoisotopic (exact) mass is 215 g/mol. The molecule has 0 saturated carbocycles. The summed E-state index contributed by atoms with van der Waals surface area (Å²) in [5.41, 5.74) is 7.32. The summed E-state index contributed by atoms with van der Waals surface area (Å²) in [6, 6.07) is 10.3. The third-order valence-corrected chi connectivity index (χ3v) is 2.83. The first-order valence-electron chi connectivity index (χ1n) is 5.55. The molecule has 3 heteroatoms. The Morgan fingerprint density at radius 1 is 1.31 bits per heavy atom. The number of aryl methyl sites for hydroxylation is 2. The van der Waals surface area contributed by atoms with Crippen LogP contribution in [-0.2, 0) is 6.54 Å². The zero-order valence-electron chi connectivity index (χ0n) is 9.50. The molecule has 2 aromatic rings. The van der Waals surface area contributed by atoms with Crippen LogP contribution in [0.4, 0.5) is 0 Å². The van der Waals surface area contributed by atoms with Crippen LogP contribution < -0.4 is 5.73 Å². The lowest BCUT2D eigenvalue weighted by Gasteiger charge is -2.12. The first-order chi connectivity index (χ1) is 7.77. The van der Waals surface area contributed by atoms with Crippen molar-refractivity contribution in [3.05, 3.63) is 54.1 Å². The Morgan fingerprint density at radius 2 is 2.06 bits per heavy atom. The van der Waals surface area contributed by atoms with Crippen LogP contribution in [0.2, 0.25) is 0 Å². The molecule has 0 spiro atoms. The van der Waals surface area contributed by atoms with Crippen LogP contribution in [0.1, 0.15) is 23.9 Å². The standard InChI is InChI=1S/C13H17N3/c1-11-15-8-10-16(11)9-7-13(14)12-5-3-2-4-6-12/h2-6,8,10,13H,7,9,14H2,1H3/t13-/m1/s1. The van der Waals surface area contributed by atoms with E-state index >= 15 is 0 Å². The SMILES string of the molecule is Cc1nccn1CC[C@@H](N)c1ccccc1. The molecule has 0 fully saturated rings. The summed E-state index contributed by atoms with van der Waals surface area (Å²) in [7, 11) is 0. The molecule has 0 aliphatic heterocycles. The fraction of sp³-hybridized carbons (Fsp3) is 0.308. The highest BCUT2D eigenvalue weighted by Crippen LogP contribution is 2.14. The average Bonchev–Trinajstić information content (AvgIpc) is 2.73. The molecule has 1 aromatic carbocycles. The Balaban J connectivity index is 1.94. The molecule has 0 saturated heterocycles. The number of nitrogens with two attached hydrogens (primary N) is 1. The van der Waals surface area contributed by atoms with Crippen molar-refractivity contribution in [2.75, 3.05) is 0 Å². The van der Waals surface area contributed by atoms with E-state index in [-0.39, 0.29) is 6.04 Å². The molecule has 3 nitrogen and oxygen atoms in total. The second-order valence-corrected chi connectivity index (χ2v) is 3.97. The lowest BCUT2D eigenvalue weighted by atomic mass is 10.1. The number of rotatable bonds is 4. The van der Waals surface area contributed by atoms with Gasteiger partial charge in [-0.15, -0.1) is 0 Å². The van der Waals surface area contributed by atoms with Gasteiger partial charge in [-0.3, -0.25) is 0 Å². The van der Waals surface area contributed by atoms with Gasteiger partial charge in [-0.2, -0.15) is 0 Å². The van der Waals surface area contributed by atoms with Crippen molar-refractivity contribution in [1.29, 1.82) is 0 Å². The van der Waals surface area contributed by atoms with Gasteiger partial charge in [-0.1, -0.05) is 30.3 Å². The number of aromatic nitrogens is 2. The summed E-state index contributed by atoms with van der Waals surface area (Å²) in [6.07, 6.45) is 4.75. The van der Waals surface area contributed by atoms with Gasteiger partial charge >= 0.3 is 0 Å². The molecular weight excluding hydrogens is 198 g/mol. The van der Waals surface area contributed by atoms with Crippen molar-refractivity contribution in [1.82, 2.24) is 9.55 Å². The van der Waals surface area contributed by atoms with Gasteiger partial charge in [0.25, 0.3) is 0 Å². The molecule has 0 unspecified atom stereocenters. The second-order valence-electron chi connectivity index (χ2n) is 3.97. The smallest absolute Gasteiger partial charge is 0.105 e. The summed E-state index contributed by atoms with van der Waals surface area (Å²) in [5.74, 6) is 1.04. The Labute approximate surface area is 95.9 Å². The van der Waals surface area contributed by atoms with E-state index in [1.807, 2.05) is 37.5 Å². The van der Waals surface area contributed by atoms with E-state index < -0.39 is 0 Å².